The first-order chi connectivity index (χ1) is 7.13. The molecule has 0 atom stereocenters. The minimum absolute atomic E-state index is 0.223. The second-order valence-corrected chi connectivity index (χ2v) is 2.93. The predicted molar refractivity (Wildman–Crippen MR) is 58.7 cm³/mol. The van der Waals surface area contributed by atoms with Crippen molar-refractivity contribution in [1.29, 1.82) is 0 Å². The Bertz CT molecular complexity index is 388. The Morgan fingerprint density at radius 2 is 2.33 bits per heavy atom. The second-order valence-electron chi connectivity index (χ2n) is 2.93. The van der Waals surface area contributed by atoms with E-state index in [1.165, 1.54) is 7.11 Å². The Morgan fingerprint density at radius 3 is 2.93 bits per heavy atom. The number of carbonyl (C=O) groups excluding carboxylic acids is 1. The Balaban J connectivity index is 2.65. The Hall–Kier alpha value is -2.04. The molecule has 0 saturated heterocycles. The first-order valence-electron chi connectivity index (χ1n) is 4.38. The van der Waals surface area contributed by atoms with E-state index in [0.29, 0.717) is 11.5 Å². The molecule has 5 nitrogen and oxygen atoms in total. The molecule has 1 aromatic heterocycles. The van der Waals surface area contributed by atoms with Crippen molar-refractivity contribution in [2.45, 2.75) is 6.42 Å². The monoisotopic (exact) mass is 207 g/mol. The lowest BCUT2D eigenvalue weighted by Gasteiger charge is -1.99. The summed E-state index contributed by atoms with van der Waals surface area (Å²) in [6.07, 6.45) is 5.22. The number of esters is 1. The van der Waals surface area contributed by atoms with Crippen LogP contribution in [-0.2, 0) is 9.53 Å². The van der Waals surface area contributed by atoms with Crippen LogP contribution in [0, 0.1) is 0 Å². The highest BCUT2D eigenvalue weighted by atomic mass is 16.5. The number of hydrogen-bond donors (Lipinski definition) is 2. The number of anilines is 2. The van der Waals surface area contributed by atoms with Crippen LogP contribution >= 0.6 is 0 Å². The van der Waals surface area contributed by atoms with Crippen molar-refractivity contribution in [3.8, 4) is 0 Å². The van der Waals surface area contributed by atoms with Crippen LogP contribution in [0.15, 0.2) is 18.3 Å². The third-order valence-corrected chi connectivity index (χ3v) is 1.79. The van der Waals surface area contributed by atoms with Crippen LogP contribution in [0.2, 0.25) is 0 Å². The molecule has 0 radical (unpaired) electrons. The van der Waals surface area contributed by atoms with Crippen molar-refractivity contribution >= 4 is 23.6 Å². The van der Waals surface area contributed by atoms with Gasteiger partial charge in [0.25, 0.3) is 0 Å². The summed E-state index contributed by atoms with van der Waals surface area (Å²) in [6, 6.07) is 1.69. The summed E-state index contributed by atoms with van der Waals surface area (Å²) in [5.74, 6) is 0.0164. The molecule has 0 fully saturated rings. The van der Waals surface area contributed by atoms with Crippen LogP contribution in [0.1, 0.15) is 12.0 Å². The summed E-state index contributed by atoms with van der Waals surface area (Å²) in [5.41, 5.74) is 12.2. The molecule has 0 bridgehead atoms. The van der Waals surface area contributed by atoms with Gasteiger partial charge in [-0.1, -0.05) is 12.2 Å². The average molecular weight is 207 g/mol. The first-order valence-corrected chi connectivity index (χ1v) is 4.38. The third-order valence-electron chi connectivity index (χ3n) is 1.79. The molecule has 0 spiro atoms. The number of ether oxygens (including phenoxy) is 1. The number of nitrogen functional groups attached to an aromatic ring is 2. The van der Waals surface area contributed by atoms with E-state index in [2.05, 4.69) is 9.72 Å². The van der Waals surface area contributed by atoms with E-state index in [-0.39, 0.29) is 12.4 Å². The van der Waals surface area contributed by atoms with Crippen molar-refractivity contribution in [2.24, 2.45) is 0 Å². The largest absolute Gasteiger partial charge is 0.469 e. The van der Waals surface area contributed by atoms with E-state index in [9.17, 15) is 4.79 Å². The summed E-state index contributed by atoms with van der Waals surface area (Å²) in [7, 11) is 1.35. The maximum Gasteiger partial charge on any atom is 0.309 e. The third kappa shape index (κ3) is 3.30. The Kier molecular flexibility index (Phi) is 3.68. The molecule has 0 saturated carbocycles. The molecule has 0 aromatic carbocycles. The van der Waals surface area contributed by atoms with E-state index in [4.69, 9.17) is 11.5 Å². The molecule has 4 N–H and O–H groups in total. The van der Waals surface area contributed by atoms with Gasteiger partial charge in [-0.2, -0.15) is 0 Å². The summed E-state index contributed by atoms with van der Waals surface area (Å²) in [4.78, 5) is 14.7. The molecule has 1 rings (SSSR count). The maximum absolute atomic E-state index is 10.8. The van der Waals surface area contributed by atoms with Gasteiger partial charge in [0.2, 0.25) is 0 Å². The number of carbonyl (C=O) groups is 1. The quantitative estimate of drug-likeness (QED) is 0.716. The van der Waals surface area contributed by atoms with E-state index in [1.54, 1.807) is 24.4 Å². The van der Waals surface area contributed by atoms with Crippen LogP contribution in [0.4, 0.5) is 11.5 Å². The van der Waals surface area contributed by atoms with Gasteiger partial charge in [0, 0.05) is 6.20 Å². The highest BCUT2D eigenvalue weighted by molar-refractivity contribution is 5.73. The lowest BCUT2D eigenvalue weighted by atomic mass is 10.2. The molecular weight excluding hydrogens is 194 g/mol. The molecular formula is C10H13N3O2. The van der Waals surface area contributed by atoms with Gasteiger partial charge in [0.05, 0.1) is 19.2 Å². The van der Waals surface area contributed by atoms with Gasteiger partial charge in [-0.05, 0) is 11.6 Å². The molecule has 5 heteroatoms. The topological polar surface area (TPSA) is 91.2 Å². The number of rotatable bonds is 3. The van der Waals surface area contributed by atoms with E-state index in [0.717, 1.165) is 5.56 Å². The fourth-order valence-corrected chi connectivity index (χ4v) is 0.975. The van der Waals surface area contributed by atoms with Gasteiger partial charge in [-0.25, -0.2) is 4.98 Å². The van der Waals surface area contributed by atoms with Crippen LogP contribution in [0.25, 0.3) is 6.08 Å². The Morgan fingerprint density at radius 1 is 1.60 bits per heavy atom. The number of nitrogens with two attached hydrogens (primary N) is 2. The zero-order chi connectivity index (χ0) is 11.3. The Labute approximate surface area is 87.7 Å². The predicted octanol–water partition coefficient (Wildman–Crippen LogP) is 0.822. The van der Waals surface area contributed by atoms with Crippen molar-refractivity contribution < 1.29 is 9.53 Å². The molecule has 0 aliphatic carbocycles. The van der Waals surface area contributed by atoms with Crippen LogP contribution in [-0.4, -0.2) is 18.1 Å². The highest BCUT2D eigenvalue weighted by Crippen LogP contribution is 2.13. The molecule has 80 valence electrons. The molecule has 0 unspecified atom stereocenters. The fourth-order valence-electron chi connectivity index (χ4n) is 0.975. The van der Waals surface area contributed by atoms with Crippen LogP contribution in [0.5, 0.6) is 0 Å². The van der Waals surface area contributed by atoms with Gasteiger partial charge in [0.15, 0.2) is 0 Å². The summed E-state index contributed by atoms with van der Waals surface area (Å²) in [6.45, 7) is 0. The molecule has 0 amide bonds. The average Bonchev–Trinajstić information content (AvgIpc) is 2.23. The van der Waals surface area contributed by atoms with Crippen molar-refractivity contribution in [1.82, 2.24) is 4.98 Å². The number of aromatic nitrogens is 1. The smallest absolute Gasteiger partial charge is 0.309 e. The van der Waals surface area contributed by atoms with E-state index >= 15 is 0 Å². The second kappa shape index (κ2) is 4.99. The zero-order valence-electron chi connectivity index (χ0n) is 8.43. The number of hydrogen-bond acceptors (Lipinski definition) is 5. The maximum atomic E-state index is 10.8. The van der Waals surface area contributed by atoms with Crippen LogP contribution < -0.4 is 11.5 Å². The van der Waals surface area contributed by atoms with Gasteiger partial charge in [0.1, 0.15) is 5.82 Å². The minimum atomic E-state index is -0.289. The lowest BCUT2D eigenvalue weighted by molar-refractivity contribution is -0.139. The summed E-state index contributed by atoms with van der Waals surface area (Å²) >= 11 is 0. The molecule has 1 heterocycles. The first kappa shape index (κ1) is 11.0. The van der Waals surface area contributed by atoms with E-state index in [1.807, 2.05) is 0 Å². The normalized spacial score (nSPS) is 10.5. The van der Waals surface area contributed by atoms with Gasteiger partial charge >= 0.3 is 5.97 Å². The summed E-state index contributed by atoms with van der Waals surface area (Å²) < 4.78 is 4.48. The highest BCUT2D eigenvalue weighted by Gasteiger charge is 1.97. The minimum Gasteiger partial charge on any atom is -0.469 e. The number of methoxy groups -OCH3 is 1. The number of pyridine rings is 1. The van der Waals surface area contributed by atoms with Crippen LogP contribution in [0.3, 0.4) is 0 Å². The van der Waals surface area contributed by atoms with Crippen molar-refractivity contribution in [2.75, 3.05) is 18.6 Å². The van der Waals surface area contributed by atoms with E-state index < -0.39 is 0 Å². The van der Waals surface area contributed by atoms with Gasteiger partial charge < -0.3 is 16.2 Å². The standard InChI is InChI=1S/C10H13N3O2/c1-15-9(14)4-2-3-7-5-8(11)10(12)13-6-7/h2-3,5-6H,4,11H2,1H3,(H2,12,13). The summed E-state index contributed by atoms with van der Waals surface area (Å²) in [5, 5.41) is 0. The molecule has 0 aliphatic heterocycles. The molecule has 0 aliphatic rings. The fraction of sp³-hybridized carbons (Fsp3) is 0.200. The molecule has 15 heavy (non-hydrogen) atoms. The van der Waals surface area contributed by atoms with Gasteiger partial charge in [-0.15, -0.1) is 0 Å². The van der Waals surface area contributed by atoms with Crippen molar-refractivity contribution in [3.63, 3.8) is 0 Å². The van der Waals surface area contributed by atoms with Gasteiger partial charge in [-0.3, -0.25) is 4.79 Å². The van der Waals surface area contributed by atoms with Crippen molar-refractivity contribution in [3.05, 3.63) is 23.9 Å². The zero-order valence-corrected chi connectivity index (χ0v) is 8.43. The molecule has 1 aromatic rings. The number of nitrogens with zero attached hydrogens (tertiary/aromatic N) is 1. The SMILES string of the molecule is COC(=O)CC=Cc1cnc(N)c(N)c1. The lowest BCUT2D eigenvalue weighted by Crippen LogP contribution is -1.98.